The van der Waals surface area contributed by atoms with Crippen LogP contribution in [0, 0.1) is 0 Å². The molecule has 0 saturated carbocycles. The van der Waals surface area contributed by atoms with Gasteiger partial charge in [-0.2, -0.15) is 0 Å². The summed E-state index contributed by atoms with van der Waals surface area (Å²) in [5, 5.41) is 8.73. The maximum atomic E-state index is 12.0. The number of carbonyl (C=O) groups is 1. The van der Waals surface area contributed by atoms with Gasteiger partial charge in [-0.05, 0) is 30.5 Å². The lowest BCUT2D eigenvalue weighted by Crippen LogP contribution is -2.48. The number of pyridine rings is 1. The number of aliphatic hydroxyl groups excluding tert-OH is 1. The minimum absolute atomic E-state index is 0.174. The Morgan fingerprint density at radius 1 is 1.15 bits per heavy atom. The van der Waals surface area contributed by atoms with Crippen LogP contribution in [0.4, 0.5) is 0 Å². The molecule has 0 radical (unpaired) electrons. The van der Waals surface area contributed by atoms with Gasteiger partial charge in [-0.15, -0.1) is 0 Å². The van der Waals surface area contributed by atoms with Crippen LogP contribution in [0.15, 0.2) is 24.5 Å². The van der Waals surface area contributed by atoms with E-state index in [4.69, 9.17) is 5.11 Å². The highest BCUT2D eigenvalue weighted by molar-refractivity contribution is 5.76. The summed E-state index contributed by atoms with van der Waals surface area (Å²) in [6.07, 6.45) is 5.69. The first-order valence-electron chi connectivity index (χ1n) is 7.29. The predicted octanol–water partition coefficient (Wildman–Crippen LogP) is 0.888. The Labute approximate surface area is 120 Å². The molecule has 2 rings (SSSR count). The number of hydrogen-bond acceptors (Lipinski definition) is 4. The fraction of sp³-hybridized carbons (Fsp3) is 0.600. The SMILES string of the molecule is O=C(CCCCO)N1CCN(Cc2ccncc2)CC1. The van der Waals surface area contributed by atoms with Crippen LogP contribution < -0.4 is 0 Å². The number of hydrogen-bond donors (Lipinski definition) is 1. The second kappa shape index (κ2) is 7.97. The van der Waals surface area contributed by atoms with Crippen molar-refractivity contribution >= 4 is 5.91 Å². The molecule has 0 aromatic carbocycles. The van der Waals surface area contributed by atoms with E-state index in [9.17, 15) is 4.79 Å². The number of nitrogens with zero attached hydrogens (tertiary/aromatic N) is 3. The average molecular weight is 277 g/mol. The van der Waals surface area contributed by atoms with E-state index in [2.05, 4.69) is 9.88 Å². The molecule has 0 spiro atoms. The van der Waals surface area contributed by atoms with Crippen molar-refractivity contribution in [2.45, 2.75) is 25.8 Å². The van der Waals surface area contributed by atoms with E-state index >= 15 is 0 Å². The predicted molar refractivity (Wildman–Crippen MR) is 77.0 cm³/mol. The number of piperazine rings is 1. The molecule has 1 amide bonds. The lowest BCUT2D eigenvalue weighted by Gasteiger charge is -2.34. The molecule has 0 aliphatic carbocycles. The molecule has 5 heteroatoms. The lowest BCUT2D eigenvalue weighted by atomic mass is 10.2. The van der Waals surface area contributed by atoms with E-state index in [0.29, 0.717) is 12.8 Å². The molecule has 0 bridgehead atoms. The highest BCUT2D eigenvalue weighted by Crippen LogP contribution is 2.09. The third kappa shape index (κ3) is 4.58. The Morgan fingerprint density at radius 2 is 1.85 bits per heavy atom. The van der Waals surface area contributed by atoms with E-state index in [1.165, 1.54) is 5.56 Å². The first kappa shape index (κ1) is 14.9. The molecule has 0 atom stereocenters. The van der Waals surface area contributed by atoms with Crippen LogP contribution >= 0.6 is 0 Å². The Morgan fingerprint density at radius 3 is 2.50 bits per heavy atom. The summed E-state index contributed by atoms with van der Waals surface area (Å²) in [6, 6.07) is 4.07. The summed E-state index contributed by atoms with van der Waals surface area (Å²) in [7, 11) is 0. The third-order valence-corrected chi connectivity index (χ3v) is 3.68. The Balaban J connectivity index is 1.71. The second-order valence-electron chi connectivity index (χ2n) is 5.19. The molecule has 1 saturated heterocycles. The van der Waals surface area contributed by atoms with Crippen molar-refractivity contribution in [2.75, 3.05) is 32.8 Å². The normalized spacial score (nSPS) is 16.4. The minimum atomic E-state index is 0.174. The molecule has 1 aliphatic heterocycles. The highest BCUT2D eigenvalue weighted by Gasteiger charge is 2.20. The van der Waals surface area contributed by atoms with Crippen molar-refractivity contribution in [1.29, 1.82) is 0 Å². The number of aliphatic hydroxyl groups is 1. The fourth-order valence-corrected chi connectivity index (χ4v) is 2.45. The summed E-state index contributed by atoms with van der Waals surface area (Å²) in [5.74, 6) is 0.224. The van der Waals surface area contributed by atoms with Crippen molar-refractivity contribution in [1.82, 2.24) is 14.8 Å². The van der Waals surface area contributed by atoms with Crippen molar-refractivity contribution in [3.63, 3.8) is 0 Å². The van der Waals surface area contributed by atoms with Gasteiger partial charge >= 0.3 is 0 Å². The van der Waals surface area contributed by atoms with Crippen LogP contribution in [-0.4, -0.2) is 58.6 Å². The molecular formula is C15H23N3O2. The van der Waals surface area contributed by atoms with Crippen molar-refractivity contribution in [3.8, 4) is 0 Å². The Hall–Kier alpha value is -1.46. The van der Waals surface area contributed by atoms with Gasteiger partial charge in [0.15, 0.2) is 0 Å². The molecule has 20 heavy (non-hydrogen) atoms. The number of carbonyl (C=O) groups excluding carboxylic acids is 1. The molecule has 1 aromatic rings. The molecule has 5 nitrogen and oxygen atoms in total. The van der Waals surface area contributed by atoms with Gasteiger partial charge in [-0.25, -0.2) is 0 Å². The van der Waals surface area contributed by atoms with E-state index in [-0.39, 0.29) is 12.5 Å². The van der Waals surface area contributed by atoms with Gasteiger partial charge < -0.3 is 10.0 Å². The molecule has 0 unspecified atom stereocenters. The molecule has 1 aliphatic rings. The van der Waals surface area contributed by atoms with Crippen molar-refractivity contribution < 1.29 is 9.90 Å². The molecule has 110 valence electrons. The van der Waals surface area contributed by atoms with Crippen LogP contribution in [0.2, 0.25) is 0 Å². The highest BCUT2D eigenvalue weighted by atomic mass is 16.3. The quantitative estimate of drug-likeness (QED) is 0.785. The number of amides is 1. The molecule has 1 N–H and O–H groups in total. The van der Waals surface area contributed by atoms with Crippen molar-refractivity contribution in [2.24, 2.45) is 0 Å². The van der Waals surface area contributed by atoms with E-state index in [0.717, 1.165) is 39.1 Å². The Kier molecular flexibility index (Phi) is 5.95. The van der Waals surface area contributed by atoms with Crippen LogP contribution in [-0.2, 0) is 11.3 Å². The lowest BCUT2D eigenvalue weighted by molar-refractivity contribution is -0.133. The molecule has 2 heterocycles. The van der Waals surface area contributed by atoms with Crippen LogP contribution in [0.3, 0.4) is 0 Å². The first-order chi connectivity index (χ1) is 9.79. The van der Waals surface area contributed by atoms with Gasteiger partial charge in [0.2, 0.25) is 5.91 Å². The van der Waals surface area contributed by atoms with Gasteiger partial charge in [-0.1, -0.05) is 0 Å². The van der Waals surface area contributed by atoms with Gasteiger partial charge in [0.25, 0.3) is 0 Å². The molecule has 1 fully saturated rings. The van der Waals surface area contributed by atoms with Gasteiger partial charge in [-0.3, -0.25) is 14.7 Å². The van der Waals surface area contributed by atoms with E-state index < -0.39 is 0 Å². The zero-order valence-electron chi connectivity index (χ0n) is 11.9. The maximum absolute atomic E-state index is 12.0. The van der Waals surface area contributed by atoms with Gasteiger partial charge in [0, 0.05) is 58.1 Å². The van der Waals surface area contributed by atoms with E-state index in [1.54, 1.807) is 0 Å². The fourth-order valence-electron chi connectivity index (χ4n) is 2.45. The zero-order valence-corrected chi connectivity index (χ0v) is 11.9. The number of unbranched alkanes of at least 4 members (excludes halogenated alkanes) is 1. The Bertz CT molecular complexity index is 403. The van der Waals surface area contributed by atoms with E-state index in [1.807, 2.05) is 29.4 Å². The van der Waals surface area contributed by atoms with Gasteiger partial charge in [0.1, 0.15) is 0 Å². The molecular weight excluding hydrogens is 254 g/mol. The molecule has 1 aromatic heterocycles. The average Bonchev–Trinajstić information content (AvgIpc) is 2.49. The maximum Gasteiger partial charge on any atom is 0.222 e. The summed E-state index contributed by atoms with van der Waals surface area (Å²) in [5.41, 5.74) is 1.27. The standard InChI is InChI=1S/C15H23N3O2/c19-12-2-1-3-15(20)18-10-8-17(9-11-18)13-14-4-6-16-7-5-14/h4-7,19H,1-3,8-13H2. The summed E-state index contributed by atoms with van der Waals surface area (Å²) in [4.78, 5) is 20.3. The summed E-state index contributed by atoms with van der Waals surface area (Å²) >= 11 is 0. The monoisotopic (exact) mass is 277 g/mol. The van der Waals surface area contributed by atoms with Crippen LogP contribution in [0.1, 0.15) is 24.8 Å². The second-order valence-corrected chi connectivity index (χ2v) is 5.19. The summed E-state index contributed by atoms with van der Waals surface area (Å²) < 4.78 is 0. The smallest absolute Gasteiger partial charge is 0.222 e. The van der Waals surface area contributed by atoms with Gasteiger partial charge in [0.05, 0.1) is 0 Å². The van der Waals surface area contributed by atoms with Crippen molar-refractivity contribution in [3.05, 3.63) is 30.1 Å². The summed E-state index contributed by atoms with van der Waals surface area (Å²) in [6.45, 7) is 4.57. The minimum Gasteiger partial charge on any atom is -0.396 e. The van der Waals surface area contributed by atoms with Crippen LogP contribution in [0.25, 0.3) is 0 Å². The van der Waals surface area contributed by atoms with Crippen LogP contribution in [0.5, 0.6) is 0 Å². The zero-order chi connectivity index (χ0) is 14.2. The number of aromatic nitrogens is 1. The first-order valence-corrected chi connectivity index (χ1v) is 7.29. The topological polar surface area (TPSA) is 56.7 Å². The largest absolute Gasteiger partial charge is 0.396 e. The number of rotatable bonds is 6. The third-order valence-electron chi connectivity index (χ3n) is 3.68.